The number of hydrogen-bond acceptors (Lipinski definition) is 4. The molecule has 8 heteroatoms. The molecule has 0 saturated heterocycles. The average Bonchev–Trinajstić information content (AvgIpc) is 2.73. The molecular formula is C27H38FN3O4. The monoisotopic (exact) mass is 487 g/mol. The van der Waals surface area contributed by atoms with Crippen molar-refractivity contribution in [2.45, 2.75) is 47.0 Å². The summed E-state index contributed by atoms with van der Waals surface area (Å²) in [5.41, 5.74) is 8.20. The topological polar surface area (TPSA) is 96.1 Å². The van der Waals surface area contributed by atoms with E-state index < -0.39 is 23.7 Å². The fraction of sp³-hybridized carbons (Fsp3) is 0.481. The van der Waals surface area contributed by atoms with Crippen LogP contribution in [0.3, 0.4) is 0 Å². The minimum Gasteiger partial charge on any atom is -0.481 e. The standard InChI is InChI=1S/C27H38FN3O4/c1-17(2)14-30(15-18(3)4)26-22(28)11-20(21(16-35-6)13-25(32)33)12-24(26)31(27(29)34)23-10-8-7-9-19(23)5/h7-12,17-18,21H,13-16H2,1-6H3,(H2,29,34)(H,32,33). The molecule has 0 heterocycles. The van der Waals surface area contributed by atoms with Crippen molar-refractivity contribution in [1.82, 2.24) is 0 Å². The molecule has 0 aliphatic heterocycles. The number of hydrogen-bond donors (Lipinski definition) is 2. The van der Waals surface area contributed by atoms with Crippen LogP contribution in [0.1, 0.15) is 51.2 Å². The Morgan fingerprint density at radius 3 is 2.14 bits per heavy atom. The lowest BCUT2D eigenvalue weighted by atomic mass is 9.94. The molecule has 2 amide bonds. The zero-order valence-corrected chi connectivity index (χ0v) is 21.5. The maximum atomic E-state index is 16.0. The minimum atomic E-state index is -1.02. The molecule has 0 spiro atoms. The molecule has 7 nitrogen and oxygen atoms in total. The van der Waals surface area contributed by atoms with Crippen LogP contribution in [0.5, 0.6) is 0 Å². The average molecular weight is 488 g/mol. The quantitative estimate of drug-likeness (QED) is 0.402. The number of nitrogens with two attached hydrogens (primary N) is 1. The molecule has 0 saturated carbocycles. The number of aliphatic carboxylic acids is 1. The number of nitrogens with zero attached hydrogens (tertiary/aromatic N) is 2. The van der Waals surface area contributed by atoms with E-state index in [0.717, 1.165) is 5.56 Å². The van der Waals surface area contributed by atoms with Crippen LogP contribution >= 0.6 is 0 Å². The van der Waals surface area contributed by atoms with Gasteiger partial charge < -0.3 is 20.5 Å². The molecule has 3 N–H and O–H groups in total. The van der Waals surface area contributed by atoms with Crippen LogP contribution < -0.4 is 15.5 Å². The fourth-order valence-corrected chi connectivity index (χ4v) is 4.33. The molecule has 1 unspecified atom stereocenters. The predicted octanol–water partition coefficient (Wildman–Crippen LogP) is 5.67. The molecule has 0 radical (unpaired) electrons. The Bertz CT molecular complexity index is 1020. The highest BCUT2D eigenvalue weighted by Gasteiger charge is 2.29. The van der Waals surface area contributed by atoms with Gasteiger partial charge in [-0.25, -0.2) is 9.18 Å². The van der Waals surface area contributed by atoms with Gasteiger partial charge >= 0.3 is 12.0 Å². The fourth-order valence-electron chi connectivity index (χ4n) is 4.33. The van der Waals surface area contributed by atoms with Crippen molar-refractivity contribution >= 4 is 29.1 Å². The van der Waals surface area contributed by atoms with Crippen LogP contribution in [0.25, 0.3) is 0 Å². The Balaban J connectivity index is 2.87. The lowest BCUT2D eigenvalue weighted by molar-refractivity contribution is -0.137. The maximum absolute atomic E-state index is 16.0. The number of primary amides is 1. The molecule has 2 aromatic rings. The molecule has 0 aliphatic carbocycles. The molecule has 0 bridgehead atoms. The summed E-state index contributed by atoms with van der Waals surface area (Å²) >= 11 is 0. The maximum Gasteiger partial charge on any atom is 0.323 e. The number of carboxylic acids is 1. The Labute approximate surface area is 207 Å². The first-order valence-corrected chi connectivity index (χ1v) is 11.9. The van der Waals surface area contributed by atoms with Crippen molar-refractivity contribution in [1.29, 1.82) is 0 Å². The predicted molar refractivity (Wildman–Crippen MR) is 138 cm³/mol. The number of amides is 2. The number of aryl methyl sites for hydroxylation is 1. The first-order valence-electron chi connectivity index (χ1n) is 11.9. The van der Waals surface area contributed by atoms with Crippen LogP contribution in [0, 0.1) is 24.6 Å². The number of benzene rings is 2. The molecule has 2 aromatic carbocycles. The summed E-state index contributed by atoms with van der Waals surface area (Å²) in [6.45, 7) is 11.3. The number of urea groups is 1. The third kappa shape index (κ3) is 7.42. The van der Waals surface area contributed by atoms with Crippen molar-refractivity contribution < 1.29 is 23.8 Å². The third-order valence-electron chi connectivity index (χ3n) is 5.63. The summed E-state index contributed by atoms with van der Waals surface area (Å²) in [6, 6.07) is 9.52. The largest absolute Gasteiger partial charge is 0.481 e. The van der Waals surface area contributed by atoms with E-state index in [0.29, 0.717) is 24.3 Å². The first-order chi connectivity index (χ1) is 16.5. The summed E-state index contributed by atoms with van der Waals surface area (Å²) in [7, 11) is 1.47. The van der Waals surface area contributed by atoms with Gasteiger partial charge in [0.1, 0.15) is 5.82 Å². The smallest absolute Gasteiger partial charge is 0.323 e. The number of carbonyl (C=O) groups excluding carboxylic acids is 1. The molecule has 1 atom stereocenters. The van der Waals surface area contributed by atoms with Crippen LogP contribution in [0.2, 0.25) is 0 Å². The van der Waals surface area contributed by atoms with E-state index in [1.54, 1.807) is 18.2 Å². The zero-order chi connectivity index (χ0) is 26.3. The SMILES string of the molecule is COCC(CC(=O)O)c1cc(F)c(N(CC(C)C)CC(C)C)c(N(C(N)=O)c2ccccc2C)c1. The molecule has 2 rings (SSSR count). The van der Waals surface area contributed by atoms with Crippen LogP contribution in [-0.2, 0) is 9.53 Å². The van der Waals surface area contributed by atoms with Gasteiger partial charge in [-0.05, 0) is 48.1 Å². The number of carboxylic acid groups (broad SMARTS) is 1. The zero-order valence-electron chi connectivity index (χ0n) is 21.5. The highest BCUT2D eigenvalue weighted by Crippen LogP contribution is 2.41. The van der Waals surface area contributed by atoms with Crippen molar-refractivity contribution in [2.24, 2.45) is 17.6 Å². The van der Waals surface area contributed by atoms with E-state index in [1.807, 2.05) is 51.7 Å². The van der Waals surface area contributed by atoms with E-state index in [2.05, 4.69) is 0 Å². The normalized spacial score (nSPS) is 12.1. The van der Waals surface area contributed by atoms with Gasteiger partial charge in [0.05, 0.1) is 30.1 Å². The second-order valence-corrected chi connectivity index (χ2v) is 9.77. The number of para-hydroxylation sites is 1. The van der Waals surface area contributed by atoms with Gasteiger partial charge in [0.15, 0.2) is 0 Å². The summed E-state index contributed by atoms with van der Waals surface area (Å²) in [5, 5.41) is 9.42. The molecule has 0 fully saturated rings. The highest BCUT2D eigenvalue weighted by molar-refractivity contribution is 6.02. The summed E-state index contributed by atoms with van der Waals surface area (Å²) in [4.78, 5) is 27.6. The molecule has 35 heavy (non-hydrogen) atoms. The van der Waals surface area contributed by atoms with E-state index in [1.165, 1.54) is 18.1 Å². The molecular weight excluding hydrogens is 449 g/mol. The highest BCUT2D eigenvalue weighted by atomic mass is 19.1. The van der Waals surface area contributed by atoms with E-state index in [4.69, 9.17) is 10.5 Å². The van der Waals surface area contributed by atoms with Crippen molar-refractivity contribution in [3.8, 4) is 0 Å². The van der Waals surface area contributed by atoms with E-state index in [-0.39, 0.29) is 36.2 Å². The third-order valence-corrected chi connectivity index (χ3v) is 5.63. The lowest BCUT2D eigenvalue weighted by Gasteiger charge is -2.34. The Morgan fingerprint density at radius 1 is 1.06 bits per heavy atom. The van der Waals surface area contributed by atoms with E-state index >= 15 is 4.39 Å². The number of anilines is 3. The van der Waals surface area contributed by atoms with Gasteiger partial charge in [-0.3, -0.25) is 9.69 Å². The van der Waals surface area contributed by atoms with Crippen molar-refractivity contribution in [3.63, 3.8) is 0 Å². The Hall–Kier alpha value is -3.13. The number of rotatable bonds is 12. The Morgan fingerprint density at radius 2 is 1.66 bits per heavy atom. The van der Waals surface area contributed by atoms with Gasteiger partial charge in [0, 0.05) is 26.1 Å². The second kappa shape index (κ2) is 12.5. The van der Waals surface area contributed by atoms with Gasteiger partial charge in [0.25, 0.3) is 0 Å². The van der Waals surface area contributed by atoms with Gasteiger partial charge in [-0.2, -0.15) is 0 Å². The summed E-state index contributed by atoms with van der Waals surface area (Å²) < 4.78 is 21.3. The number of carbonyl (C=O) groups is 2. The van der Waals surface area contributed by atoms with Crippen molar-refractivity contribution in [3.05, 3.63) is 53.3 Å². The molecule has 0 aliphatic rings. The number of halogens is 1. The van der Waals surface area contributed by atoms with Crippen molar-refractivity contribution in [2.75, 3.05) is 36.6 Å². The summed E-state index contributed by atoms with van der Waals surface area (Å²) in [6.07, 6.45) is -0.241. The molecule has 192 valence electrons. The minimum absolute atomic E-state index is 0.0904. The first kappa shape index (κ1) is 28.1. The van der Waals surface area contributed by atoms with Crippen LogP contribution in [0.4, 0.5) is 26.2 Å². The van der Waals surface area contributed by atoms with Gasteiger partial charge in [-0.15, -0.1) is 0 Å². The van der Waals surface area contributed by atoms with Gasteiger partial charge in [-0.1, -0.05) is 45.9 Å². The Kier molecular flexibility index (Phi) is 10.1. The van der Waals surface area contributed by atoms with Gasteiger partial charge in [0.2, 0.25) is 0 Å². The molecule has 0 aromatic heterocycles. The number of ether oxygens (including phenoxy) is 1. The van der Waals surface area contributed by atoms with Crippen LogP contribution in [-0.4, -0.2) is 43.9 Å². The lowest BCUT2D eigenvalue weighted by Crippen LogP contribution is -2.37. The number of methoxy groups -OCH3 is 1. The second-order valence-electron chi connectivity index (χ2n) is 9.77. The van der Waals surface area contributed by atoms with E-state index in [9.17, 15) is 14.7 Å². The van der Waals surface area contributed by atoms with Crippen LogP contribution in [0.15, 0.2) is 36.4 Å². The summed E-state index contributed by atoms with van der Waals surface area (Å²) in [5.74, 6) is -1.70.